The van der Waals surface area contributed by atoms with E-state index in [0.717, 1.165) is 19.3 Å². The summed E-state index contributed by atoms with van der Waals surface area (Å²) in [5.41, 5.74) is 0. The van der Waals surface area contributed by atoms with Gasteiger partial charge in [-0.2, -0.15) is 0 Å². The van der Waals surface area contributed by atoms with Gasteiger partial charge in [-0.15, -0.1) is 0 Å². The number of rotatable bonds is 7. The smallest absolute Gasteiger partial charge is 0.106 e. The van der Waals surface area contributed by atoms with Gasteiger partial charge in [0, 0.05) is 0 Å². The lowest BCUT2D eigenvalue weighted by molar-refractivity contribution is -0.0629. The van der Waals surface area contributed by atoms with Crippen molar-refractivity contribution in [2.24, 2.45) is 0 Å². The van der Waals surface area contributed by atoms with E-state index < -0.39 is 18.3 Å². The van der Waals surface area contributed by atoms with Gasteiger partial charge in [0.15, 0.2) is 0 Å². The second kappa shape index (κ2) is 7.30. The second-order valence-corrected chi connectivity index (χ2v) is 3.53. The van der Waals surface area contributed by atoms with Crippen LogP contribution >= 0.6 is 0 Å². The summed E-state index contributed by atoms with van der Waals surface area (Å²) >= 11 is 0. The van der Waals surface area contributed by atoms with Crippen molar-refractivity contribution in [2.45, 2.75) is 64.3 Å². The largest absolute Gasteiger partial charge is 0.390 e. The molecular weight excluding hydrogens is 168 g/mol. The Morgan fingerprint density at radius 1 is 0.923 bits per heavy atom. The van der Waals surface area contributed by atoms with Crippen molar-refractivity contribution in [1.82, 2.24) is 0 Å². The average molecular weight is 190 g/mol. The first-order chi connectivity index (χ1) is 6.13. The Balaban J connectivity index is 3.62. The van der Waals surface area contributed by atoms with Crippen LogP contribution in [-0.4, -0.2) is 33.6 Å². The van der Waals surface area contributed by atoms with Crippen molar-refractivity contribution < 1.29 is 15.3 Å². The molecule has 0 amide bonds. The lowest BCUT2D eigenvalue weighted by Gasteiger charge is -2.21. The van der Waals surface area contributed by atoms with Crippen LogP contribution in [0, 0.1) is 0 Å². The standard InChI is InChI=1S/C10H22O3/c1-3-5-6-7-9(12)10(13)8(11)4-2/h8-13H,3-7H2,1-2H3. The maximum Gasteiger partial charge on any atom is 0.106 e. The maximum absolute atomic E-state index is 9.44. The molecule has 3 nitrogen and oxygen atoms in total. The molecule has 0 saturated carbocycles. The summed E-state index contributed by atoms with van der Waals surface area (Å²) in [7, 11) is 0. The van der Waals surface area contributed by atoms with Crippen molar-refractivity contribution in [1.29, 1.82) is 0 Å². The minimum atomic E-state index is -0.984. The summed E-state index contributed by atoms with van der Waals surface area (Å²) in [5, 5.41) is 28.1. The summed E-state index contributed by atoms with van der Waals surface area (Å²) in [4.78, 5) is 0. The summed E-state index contributed by atoms with van der Waals surface area (Å²) in [6.07, 6.45) is 1.56. The van der Waals surface area contributed by atoms with E-state index in [-0.39, 0.29) is 0 Å². The van der Waals surface area contributed by atoms with E-state index in [2.05, 4.69) is 6.92 Å². The highest BCUT2D eigenvalue weighted by Gasteiger charge is 2.22. The first-order valence-electron chi connectivity index (χ1n) is 5.17. The molecule has 0 aliphatic carbocycles. The van der Waals surface area contributed by atoms with Crippen molar-refractivity contribution in [2.75, 3.05) is 0 Å². The summed E-state index contributed by atoms with van der Waals surface area (Å²) in [6.45, 7) is 3.87. The Labute approximate surface area is 80.4 Å². The molecule has 13 heavy (non-hydrogen) atoms. The van der Waals surface area contributed by atoms with Gasteiger partial charge in [0.05, 0.1) is 12.2 Å². The molecule has 3 N–H and O–H groups in total. The van der Waals surface area contributed by atoms with Crippen molar-refractivity contribution in [3.63, 3.8) is 0 Å². The van der Waals surface area contributed by atoms with Crippen LogP contribution in [0.3, 0.4) is 0 Å². The molecule has 0 saturated heterocycles. The van der Waals surface area contributed by atoms with Gasteiger partial charge in [-0.3, -0.25) is 0 Å². The lowest BCUT2D eigenvalue weighted by atomic mass is 10.0. The van der Waals surface area contributed by atoms with Crippen LogP contribution in [0.1, 0.15) is 46.0 Å². The number of hydrogen-bond donors (Lipinski definition) is 3. The zero-order chi connectivity index (χ0) is 10.3. The fourth-order valence-electron chi connectivity index (χ4n) is 1.27. The Hall–Kier alpha value is -0.120. The molecule has 0 radical (unpaired) electrons. The van der Waals surface area contributed by atoms with Gasteiger partial charge in [0.2, 0.25) is 0 Å². The topological polar surface area (TPSA) is 60.7 Å². The minimum Gasteiger partial charge on any atom is -0.390 e. The maximum atomic E-state index is 9.44. The third-order valence-electron chi connectivity index (χ3n) is 2.31. The van der Waals surface area contributed by atoms with E-state index >= 15 is 0 Å². The molecule has 0 bridgehead atoms. The Bertz CT molecular complexity index is 117. The molecule has 0 rings (SSSR count). The quantitative estimate of drug-likeness (QED) is 0.526. The van der Waals surface area contributed by atoms with Crippen LogP contribution in [0.15, 0.2) is 0 Å². The van der Waals surface area contributed by atoms with Gasteiger partial charge in [0.1, 0.15) is 6.10 Å². The molecule has 0 aliphatic rings. The molecule has 3 heteroatoms. The van der Waals surface area contributed by atoms with Gasteiger partial charge in [-0.1, -0.05) is 33.1 Å². The third-order valence-corrected chi connectivity index (χ3v) is 2.31. The third kappa shape index (κ3) is 5.24. The molecule has 0 fully saturated rings. The molecule has 0 aliphatic heterocycles. The van der Waals surface area contributed by atoms with Crippen LogP contribution in [-0.2, 0) is 0 Å². The Morgan fingerprint density at radius 3 is 2.00 bits per heavy atom. The van der Waals surface area contributed by atoms with Crippen LogP contribution in [0.5, 0.6) is 0 Å². The summed E-state index contributed by atoms with van der Waals surface area (Å²) in [5.74, 6) is 0. The minimum absolute atomic E-state index is 0.478. The van der Waals surface area contributed by atoms with Gasteiger partial charge in [0.25, 0.3) is 0 Å². The first-order valence-corrected chi connectivity index (χ1v) is 5.17. The predicted octanol–water partition coefficient (Wildman–Crippen LogP) is 1.06. The Kier molecular flexibility index (Phi) is 7.23. The number of hydrogen-bond acceptors (Lipinski definition) is 3. The molecular formula is C10H22O3. The molecule has 0 aromatic rings. The number of aliphatic hydroxyl groups is 3. The highest BCUT2D eigenvalue weighted by atomic mass is 16.4. The normalized spacial score (nSPS) is 18.2. The van der Waals surface area contributed by atoms with Gasteiger partial charge in [-0.05, 0) is 12.8 Å². The first kappa shape index (κ1) is 12.9. The summed E-state index contributed by atoms with van der Waals surface area (Å²) < 4.78 is 0. The highest BCUT2D eigenvalue weighted by Crippen LogP contribution is 2.10. The van der Waals surface area contributed by atoms with E-state index in [4.69, 9.17) is 0 Å². The van der Waals surface area contributed by atoms with Crippen LogP contribution in [0.2, 0.25) is 0 Å². The zero-order valence-corrected chi connectivity index (χ0v) is 8.61. The van der Waals surface area contributed by atoms with Crippen LogP contribution < -0.4 is 0 Å². The molecule has 3 unspecified atom stereocenters. The number of aliphatic hydroxyl groups excluding tert-OH is 3. The van der Waals surface area contributed by atoms with Crippen molar-refractivity contribution >= 4 is 0 Å². The van der Waals surface area contributed by atoms with Crippen LogP contribution in [0.25, 0.3) is 0 Å². The molecule has 3 atom stereocenters. The molecule has 0 heterocycles. The van der Waals surface area contributed by atoms with Crippen molar-refractivity contribution in [3.05, 3.63) is 0 Å². The second-order valence-electron chi connectivity index (χ2n) is 3.53. The predicted molar refractivity (Wildman–Crippen MR) is 52.5 cm³/mol. The zero-order valence-electron chi connectivity index (χ0n) is 8.61. The Morgan fingerprint density at radius 2 is 1.54 bits per heavy atom. The van der Waals surface area contributed by atoms with E-state index in [1.807, 2.05) is 0 Å². The highest BCUT2D eigenvalue weighted by molar-refractivity contribution is 4.73. The van der Waals surface area contributed by atoms with Crippen molar-refractivity contribution in [3.8, 4) is 0 Å². The number of unbranched alkanes of at least 4 members (excludes halogenated alkanes) is 2. The average Bonchev–Trinajstić information content (AvgIpc) is 2.15. The molecule has 0 spiro atoms. The fraction of sp³-hybridized carbons (Fsp3) is 1.00. The molecule has 0 aromatic heterocycles. The van der Waals surface area contributed by atoms with Gasteiger partial charge < -0.3 is 15.3 Å². The fourth-order valence-corrected chi connectivity index (χ4v) is 1.27. The molecule has 80 valence electrons. The van der Waals surface area contributed by atoms with E-state index in [1.54, 1.807) is 6.92 Å². The SMILES string of the molecule is CCCCCC(O)C(O)C(O)CC. The lowest BCUT2D eigenvalue weighted by Crippen LogP contribution is -2.36. The van der Waals surface area contributed by atoms with E-state index in [1.165, 1.54) is 0 Å². The van der Waals surface area contributed by atoms with E-state index in [0.29, 0.717) is 12.8 Å². The van der Waals surface area contributed by atoms with E-state index in [9.17, 15) is 15.3 Å². The molecule has 0 aromatic carbocycles. The van der Waals surface area contributed by atoms with Gasteiger partial charge in [-0.25, -0.2) is 0 Å². The van der Waals surface area contributed by atoms with Gasteiger partial charge >= 0.3 is 0 Å². The monoisotopic (exact) mass is 190 g/mol. The summed E-state index contributed by atoms with van der Waals surface area (Å²) in [6, 6.07) is 0. The van der Waals surface area contributed by atoms with Crippen LogP contribution in [0.4, 0.5) is 0 Å².